The summed E-state index contributed by atoms with van der Waals surface area (Å²) in [5.41, 5.74) is 7.71. The van der Waals surface area contributed by atoms with E-state index >= 15 is 0 Å². The van der Waals surface area contributed by atoms with Gasteiger partial charge in [0, 0.05) is 24.6 Å². The number of rotatable bonds is 2. The summed E-state index contributed by atoms with van der Waals surface area (Å²) in [6, 6.07) is 7.98. The molecular weight excluding hydrogens is 260 g/mol. The highest BCUT2D eigenvalue weighted by Crippen LogP contribution is 2.33. The molecule has 1 aliphatic rings. The first kappa shape index (κ1) is 12.1. The number of nitrogen functional groups attached to an aromatic ring is 1. The summed E-state index contributed by atoms with van der Waals surface area (Å²) in [6.07, 6.45) is 0.475. The number of hydrogen-bond donors (Lipinski definition) is 1. The third kappa shape index (κ3) is 2.31. The Bertz CT molecular complexity index is 607. The SMILES string of the molecule is Cc1ccc(N2CC(c3nnc(N)s3)CC2=O)cc1. The summed E-state index contributed by atoms with van der Waals surface area (Å²) in [6.45, 7) is 2.68. The summed E-state index contributed by atoms with van der Waals surface area (Å²) >= 11 is 1.36. The standard InChI is InChI=1S/C13H14N4OS/c1-8-2-4-10(5-3-8)17-7-9(6-11(17)18)12-15-16-13(14)19-12/h2-5,9H,6-7H2,1H3,(H2,14,16). The Morgan fingerprint density at radius 2 is 2.05 bits per heavy atom. The minimum Gasteiger partial charge on any atom is -0.374 e. The second-order valence-corrected chi connectivity index (χ2v) is 5.76. The zero-order chi connectivity index (χ0) is 13.4. The van der Waals surface area contributed by atoms with Gasteiger partial charge in [0.25, 0.3) is 0 Å². The van der Waals surface area contributed by atoms with Crippen LogP contribution in [-0.2, 0) is 4.79 Å². The number of nitrogens with two attached hydrogens (primary N) is 1. The molecule has 1 atom stereocenters. The molecule has 3 rings (SSSR count). The fourth-order valence-corrected chi connectivity index (χ4v) is 2.96. The van der Waals surface area contributed by atoms with E-state index in [1.807, 2.05) is 36.1 Å². The van der Waals surface area contributed by atoms with Crippen molar-refractivity contribution in [1.29, 1.82) is 0 Å². The van der Waals surface area contributed by atoms with Crippen molar-refractivity contribution < 1.29 is 4.79 Å². The molecule has 1 aliphatic heterocycles. The van der Waals surface area contributed by atoms with Crippen LogP contribution in [-0.4, -0.2) is 22.6 Å². The number of benzene rings is 1. The Morgan fingerprint density at radius 3 is 2.68 bits per heavy atom. The minimum atomic E-state index is 0.101. The first-order valence-electron chi connectivity index (χ1n) is 6.09. The third-order valence-electron chi connectivity index (χ3n) is 3.28. The van der Waals surface area contributed by atoms with Gasteiger partial charge in [-0.1, -0.05) is 29.0 Å². The van der Waals surface area contributed by atoms with Crippen molar-refractivity contribution >= 4 is 28.1 Å². The molecule has 2 heterocycles. The summed E-state index contributed by atoms with van der Waals surface area (Å²) in [5, 5.41) is 9.15. The summed E-state index contributed by atoms with van der Waals surface area (Å²) in [7, 11) is 0. The van der Waals surface area contributed by atoms with E-state index in [1.54, 1.807) is 0 Å². The van der Waals surface area contributed by atoms with Gasteiger partial charge < -0.3 is 10.6 Å². The number of anilines is 2. The second kappa shape index (κ2) is 4.62. The molecular formula is C13H14N4OS. The van der Waals surface area contributed by atoms with Gasteiger partial charge in [0.15, 0.2) is 0 Å². The predicted molar refractivity (Wildman–Crippen MR) is 75.2 cm³/mol. The molecule has 0 spiro atoms. The first-order chi connectivity index (χ1) is 9.13. The second-order valence-electron chi connectivity index (χ2n) is 4.72. The lowest BCUT2D eigenvalue weighted by Gasteiger charge is -2.16. The van der Waals surface area contributed by atoms with Crippen LogP contribution in [0, 0.1) is 6.92 Å². The van der Waals surface area contributed by atoms with Crippen LogP contribution >= 0.6 is 11.3 Å². The average molecular weight is 274 g/mol. The van der Waals surface area contributed by atoms with E-state index < -0.39 is 0 Å². The highest BCUT2D eigenvalue weighted by Gasteiger charge is 2.33. The Labute approximate surface area is 115 Å². The largest absolute Gasteiger partial charge is 0.374 e. The van der Waals surface area contributed by atoms with E-state index in [1.165, 1.54) is 16.9 Å². The molecule has 2 N–H and O–H groups in total. The number of carbonyl (C=O) groups is 1. The molecule has 0 radical (unpaired) electrons. The highest BCUT2D eigenvalue weighted by atomic mass is 32.1. The summed E-state index contributed by atoms with van der Waals surface area (Å²) < 4.78 is 0. The van der Waals surface area contributed by atoms with Crippen LogP contribution in [0.2, 0.25) is 0 Å². The molecule has 0 saturated carbocycles. The van der Waals surface area contributed by atoms with Crippen molar-refractivity contribution in [2.75, 3.05) is 17.2 Å². The molecule has 0 aliphatic carbocycles. The highest BCUT2D eigenvalue weighted by molar-refractivity contribution is 7.15. The van der Waals surface area contributed by atoms with Crippen LogP contribution in [0.15, 0.2) is 24.3 Å². The van der Waals surface area contributed by atoms with E-state index in [0.29, 0.717) is 18.1 Å². The van der Waals surface area contributed by atoms with Gasteiger partial charge in [-0.05, 0) is 19.1 Å². The van der Waals surface area contributed by atoms with Crippen molar-refractivity contribution in [2.24, 2.45) is 0 Å². The van der Waals surface area contributed by atoms with Crippen molar-refractivity contribution in [3.8, 4) is 0 Å². The molecule has 19 heavy (non-hydrogen) atoms. The van der Waals surface area contributed by atoms with Gasteiger partial charge in [0.1, 0.15) is 5.01 Å². The van der Waals surface area contributed by atoms with Crippen molar-refractivity contribution in [1.82, 2.24) is 10.2 Å². The third-order valence-corrected chi connectivity index (χ3v) is 4.19. The molecule has 2 aromatic rings. The molecule has 1 aromatic heterocycles. The van der Waals surface area contributed by atoms with Crippen LogP contribution in [0.4, 0.5) is 10.8 Å². The van der Waals surface area contributed by atoms with Gasteiger partial charge in [-0.3, -0.25) is 4.79 Å². The average Bonchev–Trinajstić information content (AvgIpc) is 2.97. The zero-order valence-electron chi connectivity index (χ0n) is 10.5. The number of nitrogens with zero attached hydrogens (tertiary/aromatic N) is 3. The zero-order valence-corrected chi connectivity index (χ0v) is 11.4. The number of amides is 1. The molecule has 98 valence electrons. The number of carbonyl (C=O) groups excluding carboxylic acids is 1. The summed E-state index contributed by atoms with van der Waals surface area (Å²) in [5.74, 6) is 0.228. The van der Waals surface area contributed by atoms with E-state index in [9.17, 15) is 4.79 Å². The summed E-state index contributed by atoms with van der Waals surface area (Å²) in [4.78, 5) is 13.9. The van der Waals surface area contributed by atoms with Gasteiger partial charge >= 0.3 is 0 Å². The Balaban J connectivity index is 1.82. The van der Waals surface area contributed by atoms with Crippen LogP contribution in [0.1, 0.15) is 22.9 Å². The van der Waals surface area contributed by atoms with Crippen LogP contribution < -0.4 is 10.6 Å². The Hall–Kier alpha value is -1.95. The van der Waals surface area contributed by atoms with Gasteiger partial charge in [0.2, 0.25) is 11.0 Å². The lowest BCUT2D eigenvalue weighted by molar-refractivity contribution is -0.117. The van der Waals surface area contributed by atoms with E-state index in [0.717, 1.165) is 10.7 Å². The van der Waals surface area contributed by atoms with Crippen molar-refractivity contribution in [2.45, 2.75) is 19.3 Å². The number of aryl methyl sites for hydroxylation is 1. The Morgan fingerprint density at radius 1 is 1.32 bits per heavy atom. The minimum absolute atomic E-state index is 0.101. The molecule has 5 nitrogen and oxygen atoms in total. The predicted octanol–water partition coefficient (Wildman–Crippen LogP) is 1.95. The van der Waals surface area contributed by atoms with E-state index in [2.05, 4.69) is 10.2 Å². The van der Waals surface area contributed by atoms with E-state index in [4.69, 9.17) is 5.73 Å². The van der Waals surface area contributed by atoms with Crippen LogP contribution in [0.5, 0.6) is 0 Å². The number of aromatic nitrogens is 2. The molecule has 1 aromatic carbocycles. The van der Waals surface area contributed by atoms with Gasteiger partial charge in [0.05, 0.1) is 0 Å². The molecule has 1 saturated heterocycles. The molecule has 1 amide bonds. The maximum absolute atomic E-state index is 12.1. The molecule has 6 heteroatoms. The lowest BCUT2D eigenvalue weighted by atomic mass is 10.1. The monoisotopic (exact) mass is 274 g/mol. The Kier molecular flexibility index (Phi) is 2.94. The van der Waals surface area contributed by atoms with Crippen molar-refractivity contribution in [3.05, 3.63) is 34.8 Å². The normalized spacial score (nSPS) is 19.1. The quantitative estimate of drug-likeness (QED) is 0.908. The molecule has 1 fully saturated rings. The van der Waals surface area contributed by atoms with Crippen LogP contribution in [0.3, 0.4) is 0 Å². The van der Waals surface area contributed by atoms with Gasteiger partial charge in [-0.25, -0.2) is 0 Å². The smallest absolute Gasteiger partial charge is 0.227 e. The molecule has 0 bridgehead atoms. The van der Waals surface area contributed by atoms with Gasteiger partial charge in [-0.15, -0.1) is 10.2 Å². The lowest BCUT2D eigenvalue weighted by Crippen LogP contribution is -2.24. The maximum Gasteiger partial charge on any atom is 0.227 e. The topological polar surface area (TPSA) is 72.1 Å². The molecule has 1 unspecified atom stereocenters. The first-order valence-corrected chi connectivity index (χ1v) is 6.91. The van der Waals surface area contributed by atoms with Crippen molar-refractivity contribution in [3.63, 3.8) is 0 Å². The fourth-order valence-electron chi connectivity index (χ4n) is 2.26. The van der Waals surface area contributed by atoms with E-state index in [-0.39, 0.29) is 11.8 Å². The van der Waals surface area contributed by atoms with Crippen LogP contribution in [0.25, 0.3) is 0 Å². The number of hydrogen-bond acceptors (Lipinski definition) is 5. The van der Waals surface area contributed by atoms with Gasteiger partial charge in [-0.2, -0.15) is 0 Å². The fraction of sp³-hybridized carbons (Fsp3) is 0.308. The maximum atomic E-state index is 12.1.